The molecule has 1 heterocycles. The van der Waals surface area contributed by atoms with Gasteiger partial charge in [-0.25, -0.2) is 0 Å². The van der Waals surface area contributed by atoms with Gasteiger partial charge in [0.15, 0.2) is 6.29 Å². The number of aryl methyl sites for hydroxylation is 1. The minimum atomic E-state index is 0.690. The van der Waals surface area contributed by atoms with Crippen LogP contribution in [-0.4, -0.2) is 17.9 Å². The summed E-state index contributed by atoms with van der Waals surface area (Å²) in [7, 11) is 2.05. The Kier molecular flexibility index (Phi) is 4.03. The average molecular weight is 357 g/mol. The molecule has 3 nitrogen and oxygen atoms in total. The molecular weight excluding hydrogens is 340 g/mol. The number of rotatable bonds is 4. The van der Waals surface area contributed by atoms with E-state index in [1.165, 1.54) is 5.56 Å². The van der Waals surface area contributed by atoms with Crippen molar-refractivity contribution in [3.8, 4) is 0 Å². The highest BCUT2D eigenvalue weighted by Crippen LogP contribution is 2.25. The van der Waals surface area contributed by atoms with Gasteiger partial charge in [-0.05, 0) is 37.3 Å². The maximum Gasteiger partial charge on any atom is 0.152 e. The van der Waals surface area contributed by atoms with E-state index in [0.29, 0.717) is 12.2 Å². The Morgan fingerprint density at radius 3 is 2.59 bits per heavy atom. The topological polar surface area (TPSA) is 25.2 Å². The Hall–Kier alpha value is -2.07. The van der Waals surface area contributed by atoms with Crippen molar-refractivity contribution in [3.05, 3.63) is 64.3 Å². The molecule has 4 heteroatoms. The summed E-state index contributed by atoms with van der Waals surface area (Å²) in [6.45, 7) is 2.77. The molecule has 0 unspecified atom stereocenters. The monoisotopic (exact) mass is 356 g/mol. The first-order valence-corrected chi connectivity index (χ1v) is 7.89. The molecule has 0 aliphatic heterocycles. The fraction of sp³-hybridized carbons (Fsp3) is 0.167. The van der Waals surface area contributed by atoms with Gasteiger partial charge in [-0.15, -0.1) is 0 Å². The van der Waals surface area contributed by atoms with Crippen LogP contribution in [-0.2, 0) is 6.67 Å². The van der Waals surface area contributed by atoms with Crippen LogP contribution < -0.4 is 4.90 Å². The summed E-state index contributed by atoms with van der Waals surface area (Å²) >= 11 is 3.46. The number of anilines is 1. The van der Waals surface area contributed by atoms with E-state index in [1.54, 1.807) is 0 Å². The van der Waals surface area contributed by atoms with Crippen molar-refractivity contribution in [3.63, 3.8) is 0 Å². The number of hydrogen-bond donors (Lipinski definition) is 0. The van der Waals surface area contributed by atoms with Gasteiger partial charge in [-0.2, -0.15) is 0 Å². The Balaban J connectivity index is 1.96. The number of fused-ring (bicyclic) bond motifs is 1. The van der Waals surface area contributed by atoms with E-state index in [2.05, 4.69) is 63.6 Å². The van der Waals surface area contributed by atoms with Gasteiger partial charge in [0.2, 0.25) is 0 Å². The molecule has 0 bridgehead atoms. The lowest BCUT2D eigenvalue weighted by atomic mass is 10.2. The molecule has 0 saturated carbocycles. The Morgan fingerprint density at radius 1 is 1.18 bits per heavy atom. The molecule has 0 amide bonds. The molecule has 112 valence electrons. The van der Waals surface area contributed by atoms with Crippen molar-refractivity contribution >= 4 is 38.8 Å². The van der Waals surface area contributed by atoms with Gasteiger partial charge in [-0.1, -0.05) is 33.6 Å². The highest BCUT2D eigenvalue weighted by atomic mass is 79.9. The minimum absolute atomic E-state index is 0.690. The van der Waals surface area contributed by atoms with Gasteiger partial charge >= 0.3 is 0 Å². The highest BCUT2D eigenvalue weighted by molar-refractivity contribution is 9.10. The molecule has 1 aromatic heterocycles. The maximum absolute atomic E-state index is 11.3. The van der Waals surface area contributed by atoms with Crippen molar-refractivity contribution in [2.24, 2.45) is 0 Å². The van der Waals surface area contributed by atoms with Crippen LogP contribution in [0, 0.1) is 6.92 Å². The predicted molar refractivity (Wildman–Crippen MR) is 94.6 cm³/mol. The molecule has 0 N–H and O–H groups in total. The molecule has 0 saturated heterocycles. The molecule has 2 aromatic carbocycles. The van der Waals surface area contributed by atoms with Crippen LogP contribution in [0.4, 0.5) is 5.69 Å². The van der Waals surface area contributed by atoms with E-state index in [1.807, 2.05) is 24.4 Å². The van der Waals surface area contributed by atoms with Gasteiger partial charge < -0.3 is 9.47 Å². The minimum Gasteiger partial charge on any atom is -0.357 e. The average Bonchev–Trinajstić information content (AvgIpc) is 2.85. The molecule has 0 atom stereocenters. The molecule has 0 fully saturated rings. The quantitative estimate of drug-likeness (QED) is 0.637. The molecule has 22 heavy (non-hydrogen) atoms. The van der Waals surface area contributed by atoms with E-state index in [-0.39, 0.29) is 0 Å². The number of nitrogens with zero attached hydrogens (tertiary/aromatic N) is 2. The van der Waals surface area contributed by atoms with Crippen molar-refractivity contribution < 1.29 is 4.79 Å². The summed E-state index contributed by atoms with van der Waals surface area (Å²) in [6.07, 6.45) is 2.83. The number of carbonyl (C=O) groups excluding carboxylic acids is 1. The van der Waals surface area contributed by atoms with E-state index in [4.69, 9.17) is 0 Å². The highest BCUT2D eigenvalue weighted by Gasteiger charge is 2.10. The lowest BCUT2D eigenvalue weighted by molar-refractivity contribution is 0.112. The second-order valence-corrected chi connectivity index (χ2v) is 6.42. The molecule has 0 aliphatic rings. The van der Waals surface area contributed by atoms with Crippen molar-refractivity contribution in [1.29, 1.82) is 0 Å². The number of benzene rings is 2. The maximum atomic E-state index is 11.3. The zero-order valence-corrected chi connectivity index (χ0v) is 14.2. The number of hydrogen-bond acceptors (Lipinski definition) is 2. The first-order valence-electron chi connectivity index (χ1n) is 7.10. The molecule has 0 spiro atoms. The smallest absolute Gasteiger partial charge is 0.152 e. The van der Waals surface area contributed by atoms with Gasteiger partial charge in [0.05, 0.1) is 12.2 Å². The van der Waals surface area contributed by atoms with Crippen molar-refractivity contribution in [2.45, 2.75) is 13.6 Å². The van der Waals surface area contributed by atoms with Crippen LogP contribution >= 0.6 is 15.9 Å². The summed E-state index contributed by atoms with van der Waals surface area (Å²) < 4.78 is 3.08. The van der Waals surface area contributed by atoms with Crippen LogP contribution in [0.15, 0.2) is 53.1 Å². The normalized spacial score (nSPS) is 10.9. The van der Waals surface area contributed by atoms with Crippen LogP contribution in [0.2, 0.25) is 0 Å². The summed E-state index contributed by atoms with van der Waals surface area (Å²) in [6, 6.07) is 14.5. The fourth-order valence-electron chi connectivity index (χ4n) is 2.62. The third-order valence-corrected chi connectivity index (χ3v) is 4.33. The van der Waals surface area contributed by atoms with Crippen molar-refractivity contribution in [2.75, 3.05) is 11.9 Å². The van der Waals surface area contributed by atoms with E-state index in [9.17, 15) is 4.79 Å². The van der Waals surface area contributed by atoms with Gasteiger partial charge in [-0.3, -0.25) is 4.79 Å². The second-order valence-electron chi connectivity index (χ2n) is 5.51. The molecule has 3 rings (SSSR count). The number of aromatic nitrogens is 1. The molecule has 3 aromatic rings. The number of halogens is 1. The molecular formula is C18H17BrN2O. The van der Waals surface area contributed by atoms with Gasteiger partial charge in [0, 0.05) is 34.4 Å². The second kappa shape index (κ2) is 5.97. The lowest BCUT2D eigenvalue weighted by Crippen LogP contribution is -2.20. The zero-order valence-electron chi connectivity index (χ0n) is 12.6. The first kappa shape index (κ1) is 14.9. The summed E-state index contributed by atoms with van der Waals surface area (Å²) in [4.78, 5) is 13.5. The van der Waals surface area contributed by atoms with Crippen LogP contribution in [0.3, 0.4) is 0 Å². The Morgan fingerprint density at radius 2 is 1.91 bits per heavy atom. The van der Waals surface area contributed by atoms with Gasteiger partial charge in [0.1, 0.15) is 0 Å². The van der Waals surface area contributed by atoms with Crippen LogP contribution in [0.25, 0.3) is 10.9 Å². The van der Waals surface area contributed by atoms with Crippen LogP contribution in [0.1, 0.15) is 15.9 Å². The summed E-state index contributed by atoms with van der Waals surface area (Å²) in [5.74, 6) is 0. The first-order chi connectivity index (χ1) is 10.6. The molecule has 0 aliphatic carbocycles. The SMILES string of the molecule is Cc1ccc(N(C)Cn2cc(C=O)c3cc(Br)ccc32)cc1. The standard InChI is InChI=1S/C18H17BrN2O/c1-13-3-6-16(7-4-13)20(2)12-21-10-14(11-22)17-9-15(19)5-8-18(17)21/h3-11H,12H2,1-2H3. The largest absolute Gasteiger partial charge is 0.357 e. The Labute approximate surface area is 138 Å². The van der Waals surface area contributed by atoms with Gasteiger partial charge in [0.25, 0.3) is 0 Å². The third kappa shape index (κ3) is 2.79. The molecule has 0 radical (unpaired) electrons. The summed E-state index contributed by atoms with van der Waals surface area (Å²) in [5.41, 5.74) is 4.17. The fourth-order valence-corrected chi connectivity index (χ4v) is 2.98. The van der Waals surface area contributed by atoms with Crippen molar-refractivity contribution in [1.82, 2.24) is 4.57 Å². The lowest BCUT2D eigenvalue weighted by Gasteiger charge is -2.21. The van der Waals surface area contributed by atoms with E-state index >= 15 is 0 Å². The zero-order chi connectivity index (χ0) is 15.7. The summed E-state index contributed by atoms with van der Waals surface area (Å²) in [5, 5.41) is 0.974. The predicted octanol–water partition coefficient (Wildman–Crippen LogP) is 4.62. The number of aldehydes is 1. The van der Waals surface area contributed by atoms with Crippen LogP contribution in [0.5, 0.6) is 0 Å². The number of carbonyl (C=O) groups is 1. The van der Waals surface area contributed by atoms with E-state index < -0.39 is 0 Å². The Bertz CT molecular complexity index is 821. The van der Waals surface area contributed by atoms with E-state index in [0.717, 1.165) is 27.3 Å². The third-order valence-electron chi connectivity index (χ3n) is 3.84.